The molecule has 2 rings (SSSR count). The predicted molar refractivity (Wildman–Crippen MR) is 47.3 cm³/mol. The molecular weight excluding hydrogens is 184 g/mol. The minimum Gasteiger partial charge on any atom is -0.466 e. The van der Waals surface area contributed by atoms with E-state index in [0.29, 0.717) is 11.3 Å². The highest BCUT2D eigenvalue weighted by molar-refractivity contribution is 5.92. The third-order valence-electron chi connectivity index (χ3n) is 1.78. The Labute approximate surface area is 79.5 Å². The molecule has 0 aromatic carbocycles. The van der Waals surface area contributed by atoms with Gasteiger partial charge in [0.25, 0.3) is 0 Å². The topological polar surface area (TPSA) is 69.4 Å². The Morgan fingerprint density at radius 1 is 1.43 bits per heavy atom. The van der Waals surface area contributed by atoms with Gasteiger partial charge in [0.05, 0.1) is 19.5 Å². The minimum absolute atomic E-state index is 0.0988. The Kier molecular flexibility index (Phi) is 1.88. The summed E-state index contributed by atoms with van der Waals surface area (Å²) in [6.45, 7) is 1.46. The van der Waals surface area contributed by atoms with Crippen molar-refractivity contribution in [2.24, 2.45) is 0 Å². The first kappa shape index (κ1) is 8.61. The van der Waals surface area contributed by atoms with Crippen LogP contribution >= 0.6 is 0 Å². The van der Waals surface area contributed by atoms with Crippen LogP contribution in [-0.4, -0.2) is 32.5 Å². The molecule has 0 saturated heterocycles. The number of fused-ring (bicyclic) bond motifs is 1. The van der Waals surface area contributed by atoms with Crippen molar-refractivity contribution in [3.63, 3.8) is 0 Å². The number of ketones is 1. The standard InChI is InChI=1S/C8H8N4O2/c1-5(13)6-3-9-7-4-10-8(14-2)11-12(6)7/h3-4H,1-2H3. The number of imidazole rings is 1. The molecule has 0 aliphatic rings. The molecule has 0 amide bonds. The van der Waals surface area contributed by atoms with E-state index in [9.17, 15) is 4.79 Å². The molecule has 0 fully saturated rings. The third kappa shape index (κ3) is 1.20. The molecule has 2 heterocycles. The number of hydrogen-bond acceptors (Lipinski definition) is 5. The molecule has 0 atom stereocenters. The number of methoxy groups -OCH3 is 1. The Morgan fingerprint density at radius 3 is 2.86 bits per heavy atom. The van der Waals surface area contributed by atoms with E-state index in [2.05, 4.69) is 15.1 Å². The highest BCUT2D eigenvalue weighted by Gasteiger charge is 2.09. The van der Waals surface area contributed by atoms with Gasteiger partial charge in [0.1, 0.15) is 5.69 Å². The van der Waals surface area contributed by atoms with Gasteiger partial charge in [-0.1, -0.05) is 0 Å². The normalized spacial score (nSPS) is 10.4. The van der Waals surface area contributed by atoms with Crippen LogP contribution in [0.5, 0.6) is 6.01 Å². The van der Waals surface area contributed by atoms with Crippen LogP contribution in [0.25, 0.3) is 5.65 Å². The fourth-order valence-corrected chi connectivity index (χ4v) is 1.11. The van der Waals surface area contributed by atoms with E-state index in [0.717, 1.165) is 0 Å². The maximum Gasteiger partial charge on any atom is 0.334 e. The Balaban J connectivity index is 2.69. The molecule has 0 aliphatic carbocycles. The number of carbonyl (C=O) groups is 1. The van der Waals surface area contributed by atoms with Gasteiger partial charge < -0.3 is 4.74 Å². The summed E-state index contributed by atoms with van der Waals surface area (Å²) < 4.78 is 6.26. The number of nitrogens with zero attached hydrogens (tertiary/aromatic N) is 4. The van der Waals surface area contributed by atoms with E-state index in [1.807, 2.05) is 0 Å². The number of Topliss-reactive ketones (excluding diaryl/α,β-unsaturated/α-hetero) is 1. The molecule has 0 N–H and O–H groups in total. The van der Waals surface area contributed by atoms with Crippen molar-refractivity contribution >= 4 is 11.4 Å². The van der Waals surface area contributed by atoms with Gasteiger partial charge in [-0.05, 0) is 0 Å². The second kappa shape index (κ2) is 3.06. The summed E-state index contributed by atoms with van der Waals surface area (Å²) in [6, 6.07) is 0.206. The van der Waals surface area contributed by atoms with Crippen LogP contribution in [0.4, 0.5) is 0 Å². The average Bonchev–Trinajstić information content (AvgIpc) is 2.59. The van der Waals surface area contributed by atoms with Gasteiger partial charge in [-0.2, -0.15) is 4.98 Å². The van der Waals surface area contributed by atoms with Crippen LogP contribution < -0.4 is 4.74 Å². The van der Waals surface area contributed by atoms with E-state index in [1.165, 1.54) is 30.9 Å². The van der Waals surface area contributed by atoms with Gasteiger partial charge >= 0.3 is 6.01 Å². The Hall–Kier alpha value is -1.98. The third-order valence-corrected chi connectivity index (χ3v) is 1.78. The highest BCUT2D eigenvalue weighted by atomic mass is 16.5. The van der Waals surface area contributed by atoms with E-state index >= 15 is 0 Å². The molecule has 2 aromatic rings. The van der Waals surface area contributed by atoms with Crippen LogP contribution in [0.2, 0.25) is 0 Å². The summed E-state index contributed by atoms with van der Waals surface area (Å²) >= 11 is 0. The first-order chi connectivity index (χ1) is 6.72. The summed E-state index contributed by atoms with van der Waals surface area (Å²) in [5.74, 6) is -0.0988. The van der Waals surface area contributed by atoms with Gasteiger partial charge in [0, 0.05) is 6.92 Å². The van der Waals surface area contributed by atoms with Gasteiger partial charge in [-0.25, -0.2) is 9.50 Å². The molecule has 0 spiro atoms. The monoisotopic (exact) mass is 192 g/mol. The molecule has 0 saturated carbocycles. The smallest absolute Gasteiger partial charge is 0.334 e. The largest absolute Gasteiger partial charge is 0.466 e. The second-order valence-electron chi connectivity index (χ2n) is 2.71. The van der Waals surface area contributed by atoms with Gasteiger partial charge in [-0.3, -0.25) is 4.79 Å². The van der Waals surface area contributed by atoms with Crippen molar-refractivity contribution in [2.45, 2.75) is 6.92 Å². The molecule has 6 heteroatoms. The summed E-state index contributed by atoms with van der Waals surface area (Å²) in [7, 11) is 1.46. The van der Waals surface area contributed by atoms with Crippen molar-refractivity contribution in [3.05, 3.63) is 18.1 Å². The predicted octanol–water partition coefficient (Wildman–Crippen LogP) is 0.335. The van der Waals surface area contributed by atoms with Crippen molar-refractivity contribution in [2.75, 3.05) is 7.11 Å². The van der Waals surface area contributed by atoms with Gasteiger partial charge in [-0.15, -0.1) is 5.10 Å². The van der Waals surface area contributed by atoms with Crippen LogP contribution in [0.3, 0.4) is 0 Å². The van der Waals surface area contributed by atoms with E-state index in [1.54, 1.807) is 0 Å². The lowest BCUT2D eigenvalue weighted by molar-refractivity contribution is 0.101. The van der Waals surface area contributed by atoms with Crippen LogP contribution in [0.15, 0.2) is 12.4 Å². The van der Waals surface area contributed by atoms with Crippen molar-refractivity contribution < 1.29 is 9.53 Å². The second-order valence-corrected chi connectivity index (χ2v) is 2.71. The van der Waals surface area contributed by atoms with Crippen LogP contribution in [-0.2, 0) is 0 Å². The quantitative estimate of drug-likeness (QED) is 0.641. The molecule has 0 aliphatic heterocycles. The number of carbonyl (C=O) groups excluding carboxylic acids is 1. The average molecular weight is 192 g/mol. The molecule has 14 heavy (non-hydrogen) atoms. The van der Waals surface area contributed by atoms with Crippen LogP contribution in [0.1, 0.15) is 17.4 Å². The SMILES string of the molecule is COc1ncc2ncc(C(C)=O)n2n1. The number of rotatable bonds is 2. The summed E-state index contributed by atoms with van der Waals surface area (Å²) in [6.07, 6.45) is 2.96. The maximum atomic E-state index is 11.2. The fraction of sp³-hybridized carbons (Fsp3) is 0.250. The summed E-state index contributed by atoms with van der Waals surface area (Å²) in [4.78, 5) is 19.0. The molecular formula is C8H8N4O2. The molecule has 0 bridgehead atoms. The van der Waals surface area contributed by atoms with Gasteiger partial charge in [0.2, 0.25) is 0 Å². The van der Waals surface area contributed by atoms with Gasteiger partial charge in [0.15, 0.2) is 11.4 Å². The maximum absolute atomic E-state index is 11.2. The number of ether oxygens (including phenoxy) is 1. The zero-order valence-corrected chi connectivity index (χ0v) is 7.76. The summed E-state index contributed by atoms with van der Waals surface area (Å²) in [5, 5.41) is 3.97. The van der Waals surface area contributed by atoms with E-state index in [4.69, 9.17) is 4.74 Å². The number of aromatic nitrogens is 4. The first-order valence-corrected chi connectivity index (χ1v) is 3.98. The first-order valence-electron chi connectivity index (χ1n) is 3.98. The lowest BCUT2D eigenvalue weighted by Gasteiger charge is -1.98. The minimum atomic E-state index is -0.0988. The number of hydrogen-bond donors (Lipinski definition) is 0. The Morgan fingerprint density at radius 2 is 2.21 bits per heavy atom. The molecule has 0 unspecified atom stereocenters. The van der Waals surface area contributed by atoms with Crippen molar-refractivity contribution in [1.29, 1.82) is 0 Å². The van der Waals surface area contributed by atoms with Crippen molar-refractivity contribution in [1.82, 2.24) is 19.6 Å². The molecule has 0 radical (unpaired) electrons. The lowest BCUT2D eigenvalue weighted by atomic mass is 10.3. The Bertz CT molecular complexity index is 491. The zero-order valence-electron chi connectivity index (χ0n) is 7.76. The van der Waals surface area contributed by atoms with E-state index < -0.39 is 0 Å². The fourth-order valence-electron chi connectivity index (χ4n) is 1.11. The van der Waals surface area contributed by atoms with Crippen LogP contribution in [0, 0.1) is 0 Å². The lowest BCUT2D eigenvalue weighted by Crippen LogP contribution is -2.04. The molecule has 2 aromatic heterocycles. The van der Waals surface area contributed by atoms with E-state index in [-0.39, 0.29) is 11.8 Å². The van der Waals surface area contributed by atoms with Crippen molar-refractivity contribution in [3.8, 4) is 6.01 Å². The highest BCUT2D eigenvalue weighted by Crippen LogP contribution is 2.07. The summed E-state index contributed by atoms with van der Waals surface area (Å²) in [5.41, 5.74) is 0.941. The molecule has 72 valence electrons. The molecule has 6 nitrogen and oxygen atoms in total. The zero-order chi connectivity index (χ0) is 10.1.